The molecule has 0 fully saturated rings. The van der Waals surface area contributed by atoms with Gasteiger partial charge in [-0.3, -0.25) is 0 Å². The minimum atomic E-state index is -0.428. The normalized spacial score (nSPS) is 11.4. The minimum Gasteiger partial charge on any atom is -0.508 e. The molecule has 0 saturated carbocycles. The van der Waals surface area contributed by atoms with Gasteiger partial charge in [0, 0.05) is 29.8 Å². The van der Waals surface area contributed by atoms with Crippen LogP contribution in [-0.2, 0) is 18.7 Å². The van der Waals surface area contributed by atoms with Crippen LogP contribution in [0.4, 0.5) is 0 Å². The quantitative estimate of drug-likeness (QED) is 0.365. The van der Waals surface area contributed by atoms with Crippen molar-refractivity contribution in [3.63, 3.8) is 0 Å². The number of thiophene rings is 1. The highest BCUT2D eigenvalue weighted by atomic mass is 32.2. The zero-order valence-electron chi connectivity index (χ0n) is 15.5. The summed E-state index contributed by atoms with van der Waals surface area (Å²) < 4.78 is 7.35. The number of fused-ring (bicyclic) bond motifs is 1. The van der Waals surface area contributed by atoms with Crippen molar-refractivity contribution in [1.82, 2.24) is 14.8 Å². The average Bonchev–Trinajstić information content (AvgIpc) is 3.34. The van der Waals surface area contributed by atoms with Crippen molar-refractivity contribution in [3.8, 4) is 16.5 Å². The molecular formula is C20H19N3O3S2. The number of thioether (sulfide) groups is 1. The number of nitrogens with zero attached hydrogens (tertiary/aromatic N) is 3. The third-order valence-corrected chi connectivity index (χ3v) is 6.42. The van der Waals surface area contributed by atoms with Crippen LogP contribution in [0.2, 0.25) is 0 Å². The van der Waals surface area contributed by atoms with Gasteiger partial charge in [0.1, 0.15) is 11.3 Å². The van der Waals surface area contributed by atoms with Gasteiger partial charge in [-0.25, -0.2) is 4.79 Å². The Morgan fingerprint density at radius 2 is 2.07 bits per heavy atom. The first-order valence-corrected chi connectivity index (χ1v) is 10.9. The van der Waals surface area contributed by atoms with Gasteiger partial charge >= 0.3 is 5.63 Å². The summed E-state index contributed by atoms with van der Waals surface area (Å²) in [5.74, 6) is 1.56. The predicted molar refractivity (Wildman–Crippen MR) is 112 cm³/mol. The van der Waals surface area contributed by atoms with E-state index in [0.29, 0.717) is 17.8 Å². The molecule has 0 unspecified atom stereocenters. The van der Waals surface area contributed by atoms with E-state index in [2.05, 4.69) is 21.7 Å². The van der Waals surface area contributed by atoms with Gasteiger partial charge in [-0.05, 0) is 42.0 Å². The fourth-order valence-corrected chi connectivity index (χ4v) is 4.83. The van der Waals surface area contributed by atoms with Gasteiger partial charge in [-0.2, -0.15) is 0 Å². The van der Waals surface area contributed by atoms with Gasteiger partial charge in [-0.15, -0.1) is 21.5 Å². The number of aromatic hydroxyl groups is 1. The second-order valence-corrected chi connectivity index (χ2v) is 8.13. The summed E-state index contributed by atoms with van der Waals surface area (Å²) >= 11 is 3.17. The summed E-state index contributed by atoms with van der Waals surface area (Å²) in [6.45, 7) is 4.80. The number of aryl methyl sites for hydroxylation is 1. The number of aromatic nitrogens is 3. The molecule has 4 aromatic rings. The maximum Gasteiger partial charge on any atom is 0.336 e. The molecule has 0 bridgehead atoms. The molecule has 1 aromatic carbocycles. The number of hydrogen-bond donors (Lipinski definition) is 1. The lowest BCUT2D eigenvalue weighted by Gasteiger charge is -2.09. The lowest BCUT2D eigenvalue weighted by molar-refractivity contribution is 0.466. The van der Waals surface area contributed by atoms with Gasteiger partial charge in [0.05, 0.1) is 4.88 Å². The standard InChI is InChI=1S/C20H19N3O3S2/c1-3-12-8-14-13(9-18(25)26-16(14)10-15(12)24)11-28-20-22-21-19(23(20)4-2)17-6-5-7-27-17/h5-10,24H,3-4,11H2,1-2H3. The monoisotopic (exact) mass is 413 g/mol. The number of phenolic OH excluding ortho intramolecular Hbond substituents is 1. The van der Waals surface area contributed by atoms with Crippen LogP contribution in [0.25, 0.3) is 21.7 Å². The average molecular weight is 414 g/mol. The molecule has 8 heteroatoms. The van der Waals surface area contributed by atoms with E-state index in [1.807, 2.05) is 30.5 Å². The first-order chi connectivity index (χ1) is 13.6. The van der Waals surface area contributed by atoms with Crippen LogP contribution in [-0.4, -0.2) is 19.9 Å². The van der Waals surface area contributed by atoms with E-state index in [1.54, 1.807) is 11.3 Å². The molecule has 0 radical (unpaired) electrons. The van der Waals surface area contributed by atoms with Crippen molar-refractivity contribution in [2.45, 2.75) is 37.7 Å². The minimum absolute atomic E-state index is 0.147. The van der Waals surface area contributed by atoms with Crippen LogP contribution in [0, 0.1) is 0 Å². The highest BCUT2D eigenvalue weighted by Gasteiger charge is 2.16. The number of rotatable bonds is 6. The van der Waals surface area contributed by atoms with E-state index in [0.717, 1.165) is 38.9 Å². The molecule has 0 saturated heterocycles. The molecule has 3 heterocycles. The highest BCUT2D eigenvalue weighted by Crippen LogP contribution is 2.32. The SMILES string of the molecule is CCc1cc2c(CSc3nnc(-c4cccs4)n3CC)cc(=O)oc2cc1O. The Labute approximate surface area is 169 Å². The Bertz CT molecular complexity index is 1180. The lowest BCUT2D eigenvalue weighted by Crippen LogP contribution is -2.02. The van der Waals surface area contributed by atoms with Crippen molar-refractivity contribution in [2.75, 3.05) is 0 Å². The number of benzene rings is 1. The second-order valence-electron chi connectivity index (χ2n) is 6.24. The Hall–Kier alpha value is -2.58. The molecule has 0 amide bonds. The molecule has 6 nitrogen and oxygen atoms in total. The van der Waals surface area contributed by atoms with Gasteiger partial charge in [0.25, 0.3) is 0 Å². The van der Waals surface area contributed by atoms with Gasteiger partial charge < -0.3 is 14.1 Å². The van der Waals surface area contributed by atoms with Gasteiger partial charge in [0.15, 0.2) is 11.0 Å². The molecule has 4 rings (SSSR count). The third-order valence-electron chi connectivity index (χ3n) is 4.54. The van der Waals surface area contributed by atoms with Crippen LogP contribution < -0.4 is 5.63 Å². The van der Waals surface area contributed by atoms with E-state index in [-0.39, 0.29) is 5.75 Å². The van der Waals surface area contributed by atoms with Crippen LogP contribution in [0.5, 0.6) is 5.75 Å². The summed E-state index contributed by atoms with van der Waals surface area (Å²) in [4.78, 5) is 13.1. The summed E-state index contributed by atoms with van der Waals surface area (Å²) in [5, 5.41) is 22.4. The summed E-state index contributed by atoms with van der Waals surface area (Å²) in [6.07, 6.45) is 0.696. The van der Waals surface area contributed by atoms with Crippen molar-refractivity contribution < 1.29 is 9.52 Å². The molecule has 144 valence electrons. The fraction of sp³-hybridized carbons (Fsp3) is 0.250. The first-order valence-electron chi connectivity index (χ1n) is 8.99. The lowest BCUT2D eigenvalue weighted by atomic mass is 10.1. The molecule has 0 aliphatic heterocycles. The highest BCUT2D eigenvalue weighted by molar-refractivity contribution is 7.98. The van der Waals surface area contributed by atoms with Crippen LogP contribution in [0.1, 0.15) is 25.0 Å². The predicted octanol–water partition coefficient (Wildman–Crippen LogP) is 4.69. The molecule has 3 aromatic heterocycles. The molecule has 28 heavy (non-hydrogen) atoms. The van der Waals surface area contributed by atoms with Crippen molar-refractivity contribution in [3.05, 3.63) is 57.3 Å². The first kappa shape index (κ1) is 18.8. The topological polar surface area (TPSA) is 81.2 Å². The maximum atomic E-state index is 12.0. The van der Waals surface area contributed by atoms with Gasteiger partial charge in [-0.1, -0.05) is 24.8 Å². The van der Waals surface area contributed by atoms with Crippen molar-refractivity contribution in [1.29, 1.82) is 0 Å². The van der Waals surface area contributed by atoms with Crippen LogP contribution >= 0.6 is 23.1 Å². The molecule has 1 N–H and O–H groups in total. The van der Waals surface area contributed by atoms with Crippen LogP contribution in [0.15, 0.2) is 50.1 Å². The Morgan fingerprint density at radius 1 is 1.21 bits per heavy atom. The van der Waals surface area contributed by atoms with E-state index in [4.69, 9.17) is 4.42 Å². The van der Waals surface area contributed by atoms with E-state index < -0.39 is 5.63 Å². The smallest absolute Gasteiger partial charge is 0.336 e. The second kappa shape index (κ2) is 7.81. The fourth-order valence-electron chi connectivity index (χ4n) is 3.12. The molecule has 0 spiro atoms. The van der Waals surface area contributed by atoms with E-state index in [1.165, 1.54) is 23.9 Å². The van der Waals surface area contributed by atoms with Crippen molar-refractivity contribution >= 4 is 34.1 Å². The Balaban J connectivity index is 1.69. The maximum absolute atomic E-state index is 12.0. The molecular weight excluding hydrogens is 394 g/mol. The van der Waals surface area contributed by atoms with E-state index in [9.17, 15) is 9.90 Å². The molecule has 0 aliphatic carbocycles. The van der Waals surface area contributed by atoms with E-state index >= 15 is 0 Å². The zero-order valence-corrected chi connectivity index (χ0v) is 17.1. The van der Waals surface area contributed by atoms with Crippen LogP contribution in [0.3, 0.4) is 0 Å². The Kier molecular flexibility index (Phi) is 5.23. The largest absolute Gasteiger partial charge is 0.508 e. The third kappa shape index (κ3) is 3.45. The zero-order chi connectivity index (χ0) is 19.7. The summed E-state index contributed by atoms with van der Waals surface area (Å²) in [7, 11) is 0. The molecule has 0 aliphatic rings. The molecule has 0 atom stereocenters. The summed E-state index contributed by atoms with van der Waals surface area (Å²) in [5.41, 5.74) is 1.65. The summed E-state index contributed by atoms with van der Waals surface area (Å²) in [6, 6.07) is 8.96. The number of phenols is 1. The van der Waals surface area contributed by atoms with Crippen molar-refractivity contribution in [2.24, 2.45) is 0 Å². The Morgan fingerprint density at radius 3 is 2.79 bits per heavy atom. The van der Waals surface area contributed by atoms with Gasteiger partial charge in [0.2, 0.25) is 0 Å². The number of hydrogen-bond acceptors (Lipinski definition) is 7.